The fourth-order valence-corrected chi connectivity index (χ4v) is 5.12. The molecule has 6 rings (SSSR count). The molecule has 0 bridgehead atoms. The molecule has 2 aliphatic rings. The Labute approximate surface area is 166 Å². The summed E-state index contributed by atoms with van der Waals surface area (Å²) in [6.07, 6.45) is 4.33. The van der Waals surface area contributed by atoms with E-state index in [4.69, 9.17) is 4.74 Å². The van der Waals surface area contributed by atoms with Crippen LogP contribution in [-0.2, 0) is 6.54 Å². The summed E-state index contributed by atoms with van der Waals surface area (Å²) in [5.74, 6) is 1.51. The highest BCUT2D eigenvalue weighted by Crippen LogP contribution is 2.33. The van der Waals surface area contributed by atoms with E-state index in [2.05, 4.69) is 50.8 Å². The maximum absolute atomic E-state index is 6.03. The molecule has 1 saturated heterocycles. The Morgan fingerprint density at radius 3 is 3.11 bits per heavy atom. The van der Waals surface area contributed by atoms with E-state index in [1.54, 1.807) is 16.9 Å². The van der Waals surface area contributed by atoms with Gasteiger partial charge in [0.2, 0.25) is 0 Å². The first-order chi connectivity index (χ1) is 13.8. The quantitative estimate of drug-likeness (QED) is 0.541. The minimum atomic E-state index is 0.679. The van der Waals surface area contributed by atoms with Gasteiger partial charge in [0.05, 0.1) is 10.2 Å². The van der Waals surface area contributed by atoms with Crippen molar-refractivity contribution in [2.45, 2.75) is 6.54 Å². The number of nitrogens with one attached hydrogen (secondary N) is 2. The number of rotatable bonds is 4. The Morgan fingerprint density at radius 1 is 1.21 bits per heavy atom. The van der Waals surface area contributed by atoms with Gasteiger partial charge in [0.1, 0.15) is 5.75 Å². The number of benzene rings is 2. The van der Waals surface area contributed by atoms with Crippen LogP contribution in [-0.4, -0.2) is 34.5 Å². The number of thiazole rings is 1. The zero-order valence-electron chi connectivity index (χ0n) is 15.3. The third kappa shape index (κ3) is 2.77. The van der Waals surface area contributed by atoms with Crippen LogP contribution < -0.4 is 10.1 Å². The van der Waals surface area contributed by atoms with E-state index < -0.39 is 0 Å². The van der Waals surface area contributed by atoms with Gasteiger partial charge in [0.25, 0.3) is 5.19 Å². The van der Waals surface area contributed by atoms with Crippen LogP contribution in [0.25, 0.3) is 21.1 Å². The zero-order valence-corrected chi connectivity index (χ0v) is 16.1. The molecular weight excluding hydrogens is 368 g/mol. The lowest BCUT2D eigenvalue weighted by Crippen LogP contribution is -2.23. The van der Waals surface area contributed by atoms with E-state index in [1.807, 2.05) is 24.3 Å². The van der Waals surface area contributed by atoms with Crippen LogP contribution >= 0.6 is 11.3 Å². The number of aromatic amines is 1. The highest BCUT2D eigenvalue weighted by Gasteiger charge is 2.30. The molecule has 2 aromatic carbocycles. The fraction of sp³-hybridized carbons (Fsp3) is 0.227. The first-order valence-electron chi connectivity index (χ1n) is 9.60. The Kier molecular flexibility index (Phi) is 3.67. The molecule has 140 valence electrons. The number of aromatic nitrogens is 2. The number of likely N-dealkylation sites (tertiary alicyclic amines) is 1. The average Bonchev–Trinajstić information content (AvgIpc) is 3.44. The summed E-state index contributed by atoms with van der Waals surface area (Å²) in [5.41, 5.74) is 4.97. The molecule has 5 nitrogen and oxygen atoms in total. The number of nitrogens with zero attached hydrogens (tertiary/aromatic N) is 2. The maximum Gasteiger partial charge on any atom is 0.279 e. The van der Waals surface area contributed by atoms with E-state index in [9.17, 15) is 0 Å². The van der Waals surface area contributed by atoms with Gasteiger partial charge in [-0.3, -0.25) is 4.90 Å². The lowest BCUT2D eigenvalue weighted by molar-refractivity contribution is 0.317. The second-order valence-corrected chi connectivity index (χ2v) is 8.56. The first kappa shape index (κ1) is 16.2. The van der Waals surface area contributed by atoms with Crippen molar-refractivity contribution in [3.63, 3.8) is 0 Å². The molecule has 1 unspecified atom stereocenters. The molecule has 1 fully saturated rings. The predicted molar refractivity (Wildman–Crippen MR) is 113 cm³/mol. The normalized spacial score (nSPS) is 19.1. The number of ether oxygens (including phenoxy) is 1. The lowest BCUT2D eigenvalue weighted by Gasteiger charge is -2.15. The molecule has 2 aliphatic heterocycles. The third-order valence-electron chi connectivity index (χ3n) is 5.67. The molecule has 28 heavy (non-hydrogen) atoms. The topological polar surface area (TPSA) is 53.2 Å². The van der Waals surface area contributed by atoms with E-state index in [0.29, 0.717) is 11.1 Å². The summed E-state index contributed by atoms with van der Waals surface area (Å²) in [6, 6.07) is 14.4. The standard InChI is InChI=1S/C22H20N4OS/c1-2-4-21-19(3-1)25-22(28-21)27-17-5-6-18-16(10-24-20(18)7-17)13-26-11-14-8-23-9-15(14)12-26/h1-8,10,15,23-24H,9,11-13H2. The summed E-state index contributed by atoms with van der Waals surface area (Å²) < 4.78 is 7.17. The van der Waals surface area contributed by atoms with Gasteiger partial charge < -0.3 is 15.0 Å². The highest BCUT2D eigenvalue weighted by atomic mass is 32.1. The second kappa shape index (κ2) is 6.36. The van der Waals surface area contributed by atoms with Crippen LogP contribution in [0.15, 0.2) is 60.4 Å². The molecule has 2 N–H and O–H groups in total. The van der Waals surface area contributed by atoms with E-state index >= 15 is 0 Å². The van der Waals surface area contributed by atoms with Gasteiger partial charge in [-0.2, -0.15) is 0 Å². The van der Waals surface area contributed by atoms with Crippen LogP contribution in [0.3, 0.4) is 0 Å². The molecule has 0 radical (unpaired) electrons. The average molecular weight is 388 g/mol. The molecule has 0 aliphatic carbocycles. The predicted octanol–water partition coefficient (Wildman–Crippen LogP) is 4.49. The van der Waals surface area contributed by atoms with Crippen molar-refractivity contribution in [1.29, 1.82) is 0 Å². The smallest absolute Gasteiger partial charge is 0.279 e. The Morgan fingerprint density at radius 2 is 2.18 bits per heavy atom. The van der Waals surface area contributed by atoms with Gasteiger partial charge in [-0.25, -0.2) is 4.98 Å². The summed E-state index contributed by atoms with van der Waals surface area (Å²) >= 11 is 1.57. The largest absolute Gasteiger partial charge is 0.431 e. The van der Waals surface area contributed by atoms with Crippen LogP contribution in [0.1, 0.15) is 5.56 Å². The van der Waals surface area contributed by atoms with Crippen molar-refractivity contribution in [2.75, 3.05) is 19.6 Å². The van der Waals surface area contributed by atoms with Gasteiger partial charge in [0, 0.05) is 55.3 Å². The number of fused-ring (bicyclic) bond motifs is 3. The summed E-state index contributed by atoms with van der Waals surface area (Å²) in [5, 5.41) is 5.30. The van der Waals surface area contributed by atoms with Gasteiger partial charge in [-0.1, -0.05) is 23.5 Å². The molecular formula is C22H20N4OS. The molecule has 0 spiro atoms. The van der Waals surface area contributed by atoms with E-state index in [0.717, 1.165) is 47.7 Å². The van der Waals surface area contributed by atoms with Crippen LogP contribution in [0.5, 0.6) is 10.9 Å². The Hall–Kier alpha value is -2.83. The van der Waals surface area contributed by atoms with Gasteiger partial charge in [-0.05, 0) is 41.6 Å². The fourth-order valence-electron chi connectivity index (χ4n) is 4.29. The minimum absolute atomic E-state index is 0.679. The van der Waals surface area contributed by atoms with Crippen LogP contribution in [0, 0.1) is 5.92 Å². The molecule has 4 heterocycles. The Bertz CT molecular complexity index is 1170. The molecule has 0 saturated carbocycles. The van der Waals surface area contributed by atoms with Crippen molar-refractivity contribution in [3.05, 3.63) is 66.0 Å². The molecule has 0 amide bonds. The summed E-state index contributed by atoms with van der Waals surface area (Å²) in [4.78, 5) is 10.5. The Balaban J connectivity index is 1.23. The zero-order chi connectivity index (χ0) is 18.5. The number of H-pyrrole nitrogens is 1. The molecule has 6 heteroatoms. The number of hydrogen-bond donors (Lipinski definition) is 2. The van der Waals surface area contributed by atoms with Crippen molar-refractivity contribution in [1.82, 2.24) is 20.2 Å². The number of para-hydroxylation sites is 1. The third-order valence-corrected chi connectivity index (χ3v) is 6.59. The molecule has 1 atom stereocenters. The van der Waals surface area contributed by atoms with Crippen LogP contribution in [0.2, 0.25) is 0 Å². The summed E-state index contributed by atoms with van der Waals surface area (Å²) in [7, 11) is 0. The van der Waals surface area contributed by atoms with Crippen molar-refractivity contribution < 1.29 is 4.74 Å². The summed E-state index contributed by atoms with van der Waals surface area (Å²) in [6.45, 7) is 4.28. The minimum Gasteiger partial charge on any atom is -0.431 e. The SMILES string of the molecule is C1=C2CN(Cc3c[nH]c4cc(Oc5nc6ccccc6s5)ccc34)CC2CN1. The van der Waals surface area contributed by atoms with Crippen LogP contribution in [0.4, 0.5) is 0 Å². The van der Waals surface area contributed by atoms with Crippen molar-refractivity contribution in [3.8, 4) is 10.9 Å². The van der Waals surface area contributed by atoms with Gasteiger partial charge >= 0.3 is 0 Å². The lowest BCUT2D eigenvalue weighted by atomic mass is 10.1. The van der Waals surface area contributed by atoms with Crippen molar-refractivity contribution in [2.24, 2.45) is 5.92 Å². The van der Waals surface area contributed by atoms with E-state index in [-0.39, 0.29) is 0 Å². The monoisotopic (exact) mass is 388 g/mol. The maximum atomic E-state index is 6.03. The molecule has 2 aromatic heterocycles. The van der Waals surface area contributed by atoms with Gasteiger partial charge in [0.15, 0.2) is 0 Å². The molecule has 4 aromatic rings. The van der Waals surface area contributed by atoms with Gasteiger partial charge in [-0.15, -0.1) is 0 Å². The highest BCUT2D eigenvalue weighted by molar-refractivity contribution is 7.20. The second-order valence-electron chi connectivity index (χ2n) is 7.56. The first-order valence-corrected chi connectivity index (χ1v) is 10.4. The van der Waals surface area contributed by atoms with E-state index in [1.165, 1.54) is 10.9 Å². The van der Waals surface area contributed by atoms with Crippen molar-refractivity contribution >= 4 is 32.5 Å². The number of hydrogen-bond acceptors (Lipinski definition) is 5.